The van der Waals surface area contributed by atoms with E-state index in [9.17, 15) is 4.79 Å². The Kier molecular flexibility index (Phi) is 4.48. The van der Waals surface area contributed by atoms with Crippen LogP contribution in [0.1, 0.15) is 21.5 Å². The molecule has 1 aromatic carbocycles. The first-order valence-corrected chi connectivity index (χ1v) is 5.31. The van der Waals surface area contributed by atoms with E-state index in [1.54, 1.807) is 19.3 Å². The molecule has 5 heteroatoms. The molecule has 0 aliphatic rings. The lowest BCUT2D eigenvalue weighted by Gasteiger charge is -2.11. The molecule has 0 aliphatic heterocycles. The number of benzene rings is 1. The monoisotopic (exact) mass is 248 g/mol. The summed E-state index contributed by atoms with van der Waals surface area (Å²) in [4.78, 5) is 15.0. The number of allylic oxidation sites excluding steroid dienone is 1. The molecule has 0 aliphatic carbocycles. The van der Waals surface area contributed by atoms with E-state index in [1.807, 2.05) is 6.92 Å². The van der Waals surface area contributed by atoms with Gasteiger partial charge in [0.05, 0.1) is 7.11 Å². The number of hydrogen-bond donors (Lipinski definition) is 2. The Balaban J connectivity index is 3.47. The number of ether oxygens (including phenoxy) is 1. The number of hydrogen-bond acceptors (Lipinski definition) is 4. The molecule has 0 bridgehead atoms. The zero-order chi connectivity index (χ0) is 13.7. The summed E-state index contributed by atoms with van der Waals surface area (Å²) in [6, 6.07) is 3.21. The lowest BCUT2D eigenvalue weighted by atomic mass is 9.98. The molecule has 5 nitrogen and oxygen atoms in total. The third-order valence-corrected chi connectivity index (χ3v) is 2.54. The fourth-order valence-electron chi connectivity index (χ4n) is 1.67. The number of carboxylic acid groups (broad SMARTS) is 1. The highest BCUT2D eigenvalue weighted by atomic mass is 16.5. The molecule has 0 fully saturated rings. The number of methoxy groups -OCH3 is 1. The van der Waals surface area contributed by atoms with Crippen molar-refractivity contribution in [3.8, 4) is 5.75 Å². The smallest absolute Gasteiger partial charge is 0.339 e. The van der Waals surface area contributed by atoms with Crippen LogP contribution in [0.3, 0.4) is 0 Å². The predicted molar refractivity (Wildman–Crippen MR) is 71.3 cm³/mol. The third kappa shape index (κ3) is 2.68. The summed E-state index contributed by atoms with van der Waals surface area (Å²) in [6.45, 7) is 1.86. The van der Waals surface area contributed by atoms with Crippen molar-refractivity contribution in [2.24, 2.45) is 10.7 Å². The quantitative estimate of drug-likeness (QED) is 0.794. The molecule has 1 aromatic rings. The molecule has 18 heavy (non-hydrogen) atoms. The normalized spacial score (nSPS) is 11.8. The maximum atomic E-state index is 11.1. The minimum Gasteiger partial charge on any atom is -0.496 e. The van der Waals surface area contributed by atoms with E-state index in [0.29, 0.717) is 11.3 Å². The highest BCUT2D eigenvalue weighted by Crippen LogP contribution is 2.27. The predicted octanol–water partition coefficient (Wildman–Crippen LogP) is 1.70. The van der Waals surface area contributed by atoms with Crippen molar-refractivity contribution >= 4 is 17.8 Å². The number of aryl methyl sites for hydroxylation is 1. The molecule has 0 atom stereocenters. The highest BCUT2D eigenvalue weighted by Gasteiger charge is 2.15. The van der Waals surface area contributed by atoms with E-state index < -0.39 is 5.97 Å². The first-order valence-electron chi connectivity index (χ1n) is 5.31. The highest BCUT2D eigenvalue weighted by molar-refractivity contribution is 6.11. The molecule has 96 valence electrons. The number of nitrogens with two attached hydrogens (primary N) is 1. The van der Waals surface area contributed by atoms with Gasteiger partial charge in [-0.3, -0.25) is 4.99 Å². The van der Waals surface area contributed by atoms with Crippen molar-refractivity contribution in [2.75, 3.05) is 14.2 Å². The maximum Gasteiger partial charge on any atom is 0.339 e. The van der Waals surface area contributed by atoms with Gasteiger partial charge in [0, 0.05) is 25.0 Å². The topological polar surface area (TPSA) is 84.9 Å². The van der Waals surface area contributed by atoms with Crippen LogP contribution in [0.2, 0.25) is 0 Å². The lowest BCUT2D eigenvalue weighted by Crippen LogP contribution is -2.04. The summed E-state index contributed by atoms with van der Waals surface area (Å²) >= 11 is 0. The molecule has 0 aromatic heterocycles. The number of nitrogens with zero attached hydrogens (tertiary/aromatic N) is 1. The Morgan fingerprint density at radius 3 is 2.56 bits per heavy atom. The van der Waals surface area contributed by atoms with Gasteiger partial charge in [-0.2, -0.15) is 0 Å². The van der Waals surface area contributed by atoms with Crippen molar-refractivity contribution in [3.63, 3.8) is 0 Å². The first-order chi connectivity index (χ1) is 8.54. The van der Waals surface area contributed by atoms with Crippen LogP contribution < -0.4 is 10.5 Å². The van der Waals surface area contributed by atoms with Crippen LogP contribution in [0.15, 0.2) is 23.3 Å². The van der Waals surface area contributed by atoms with Gasteiger partial charge in [0.2, 0.25) is 0 Å². The second-order valence-electron chi connectivity index (χ2n) is 3.68. The molecule has 0 amide bonds. The van der Waals surface area contributed by atoms with Crippen molar-refractivity contribution in [1.29, 1.82) is 0 Å². The molecular weight excluding hydrogens is 232 g/mol. The Morgan fingerprint density at radius 2 is 2.11 bits per heavy atom. The molecule has 0 unspecified atom stereocenters. The summed E-state index contributed by atoms with van der Waals surface area (Å²) in [5, 5.41) is 9.13. The second-order valence-corrected chi connectivity index (χ2v) is 3.68. The van der Waals surface area contributed by atoms with Crippen molar-refractivity contribution in [3.05, 3.63) is 35.0 Å². The van der Waals surface area contributed by atoms with Crippen LogP contribution in [0.5, 0.6) is 5.75 Å². The van der Waals surface area contributed by atoms with Crippen LogP contribution in [0, 0.1) is 6.92 Å². The standard InChI is InChI=1S/C13H16N2O3/c1-8-4-12(18-3)11(13(16)17)5-10(8)9(6-14)7-15-2/h4-7H,14H2,1-3H3,(H,16,17)/b9-6+,15-7?. The summed E-state index contributed by atoms with van der Waals surface area (Å²) in [5.41, 5.74) is 7.88. The third-order valence-electron chi connectivity index (χ3n) is 2.54. The van der Waals surface area contributed by atoms with Crippen LogP contribution in [-0.2, 0) is 0 Å². The maximum absolute atomic E-state index is 11.1. The van der Waals surface area contributed by atoms with Crippen LogP contribution in [-0.4, -0.2) is 31.4 Å². The molecule has 0 spiro atoms. The van der Waals surface area contributed by atoms with Crippen molar-refractivity contribution in [1.82, 2.24) is 0 Å². The Hall–Kier alpha value is -2.30. The van der Waals surface area contributed by atoms with Crippen LogP contribution >= 0.6 is 0 Å². The average molecular weight is 248 g/mol. The van der Waals surface area contributed by atoms with Gasteiger partial charge in [0.25, 0.3) is 0 Å². The Labute approximate surface area is 106 Å². The van der Waals surface area contributed by atoms with Crippen molar-refractivity contribution < 1.29 is 14.6 Å². The minimum atomic E-state index is -1.04. The minimum absolute atomic E-state index is 0.0990. The molecule has 1 rings (SSSR count). The summed E-state index contributed by atoms with van der Waals surface area (Å²) in [6.07, 6.45) is 2.98. The number of carbonyl (C=O) groups is 1. The van der Waals surface area contributed by atoms with Gasteiger partial charge in [-0.25, -0.2) is 4.79 Å². The summed E-state index contributed by atoms with van der Waals surface area (Å²) < 4.78 is 5.05. The van der Waals surface area contributed by atoms with Gasteiger partial charge in [-0.05, 0) is 30.2 Å². The molecule has 3 N–H and O–H groups in total. The summed E-state index contributed by atoms with van der Waals surface area (Å²) in [5.74, 6) is -0.716. The van der Waals surface area contributed by atoms with E-state index in [4.69, 9.17) is 15.6 Å². The van der Waals surface area contributed by atoms with Gasteiger partial charge in [0.1, 0.15) is 11.3 Å². The SMILES string of the molecule is CN=C/C(=C\N)c1cc(C(=O)O)c(OC)cc1C. The largest absolute Gasteiger partial charge is 0.496 e. The van der Waals surface area contributed by atoms with Crippen molar-refractivity contribution in [2.45, 2.75) is 6.92 Å². The molecule has 0 saturated heterocycles. The fraction of sp³-hybridized carbons (Fsp3) is 0.231. The molecular formula is C13H16N2O3. The Bertz CT molecular complexity index is 519. The van der Waals surface area contributed by atoms with E-state index in [2.05, 4.69) is 4.99 Å². The van der Waals surface area contributed by atoms with E-state index >= 15 is 0 Å². The molecule has 0 heterocycles. The Morgan fingerprint density at radius 1 is 1.44 bits per heavy atom. The first kappa shape index (κ1) is 13.8. The zero-order valence-electron chi connectivity index (χ0n) is 10.6. The number of aliphatic imine (C=N–C) groups is 1. The fourth-order valence-corrected chi connectivity index (χ4v) is 1.67. The van der Waals surface area contributed by atoms with Crippen LogP contribution in [0.25, 0.3) is 5.57 Å². The van der Waals surface area contributed by atoms with Gasteiger partial charge in [0.15, 0.2) is 0 Å². The lowest BCUT2D eigenvalue weighted by molar-refractivity contribution is 0.0693. The zero-order valence-corrected chi connectivity index (χ0v) is 10.6. The number of aromatic carboxylic acids is 1. The van der Waals surface area contributed by atoms with Gasteiger partial charge >= 0.3 is 5.97 Å². The molecule has 0 radical (unpaired) electrons. The summed E-state index contributed by atoms with van der Waals surface area (Å²) in [7, 11) is 3.06. The molecule has 0 saturated carbocycles. The van der Waals surface area contributed by atoms with E-state index in [0.717, 1.165) is 11.1 Å². The van der Waals surface area contributed by atoms with Gasteiger partial charge in [-0.1, -0.05) is 0 Å². The average Bonchev–Trinajstić information content (AvgIpc) is 2.35. The van der Waals surface area contributed by atoms with E-state index in [-0.39, 0.29) is 5.56 Å². The van der Waals surface area contributed by atoms with Gasteiger partial charge < -0.3 is 15.6 Å². The second kappa shape index (κ2) is 5.86. The van der Waals surface area contributed by atoms with Crippen LogP contribution in [0.4, 0.5) is 0 Å². The van der Waals surface area contributed by atoms with Gasteiger partial charge in [-0.15, -0.1) is 0 Å². The number of carboxylic acids is 1. The van der Waals surface area contributed by atoms with E-state index in [1.165, 1.54) is 19.4 Å². The number of rotatable bonds is 4.